The molecule has 0 amide bonds. The van der Waals surface area contributed by atoms with Gasteiger partial charge >= 0.3 is 0 Å². The minimum Gasteiger partial charge on any atom is -0.245 e. The van der Waals surface area contributed by atoms with Crippen molar-refractivity contribution < 1.29 is 0 Å². The van der Waals surface area contributed by atoms with Gasteiger partial charge in [-0.05, 0) is 25.0 Å². The highest BCUT2D eigenvalue weighted by atomic mass is 32.1. The molecular formula is C10H10BNS. The molecule has 3 heteroatoms. The molecule has 1 heterocycles. The maximum Gasteiger partial charge on any atom is 0.117 e. The summed E-state index contributed by atoms with van der Waals surface area (Å²) in [4.78, 5) is 4.26. The fourth-order valence-corrected chi connectivity index (χ4v) is 2.46. The number of nitrogens with zero attached hydrogens (tertiary/aromatic N) is 1. The number of thiazole rings is 1. The molecule has 0 atom stereocenters. The first kappa shape index (κ1) is 8.76. The van der Waals surface area contributed by atoms with Crippen molar-refractivity contribution in [2.24, 2.45) is 0 Å². The van der Waals surface area contributed by atoms with Gasteiger partial charge in [0, 0.05) is 0 Å². The largest absolute Gasteiger partial charge is 0.245 e. The summed E-state index contributed by atoms with van der Waals surface area (Å²) in [6.45, 7) is 4.23. The van der Waals surface area contributed by atoms with E-state index < -0.39 is 0 Å². The predicted octanol–water partition coefficient (Wildman–Crippen LogP) is 1.96. The second-order valence-electron chi connectivity index (χ2n) is 3.14. The van der Waals surface area contributed by atoms with Gasteiger partial charge in [0.2, 0.25) is 0 Å². The van der Waals surface area contributed by atoms with Gasteiger partial charge in [0.25, 0.3) is 0 Å². The third-order valence-corrected chi connectivity index (χ3v) is 3.13. The van der Waals surface area contributed by atoms with Crippen molar-refractivity contribution in [3.05, 3.63) is 22.7 Å². The lowest BCUT2D eigenvalue weighted by atomic mass is 9.86. The van der Waals surface area contributed by atoms with Gasteiger partial charge in [-0.1, -0.05) is 17.9 Å². The van der Waals surface area contributed by atoms with Crippen LogP contribution in [0.3, 0.4) is 0 Å². The maximum atomic E-state index is 6.02. The summed E-state index contributed by atoms with van der Waals surface area (Å²) >= 11 is 1.64. The molecule has 0 aliphatic rings. The number of hydrogen-bond acceptors (Lipinski definition) is 2. The van der Waals surface area contributed by atoms with Crippen LogP contribution in [0.4, 0.5) is 0 Å². The SMILES string of the molecule is [B]c1c(CC)c(C)cc2scnc12. The highest BCUT2D eigenvalue weighted by molar-refractivity contribution is 7.16. The van der Waals surface area contributed by atoms with Crippen molar-refractivity contribution in [3.63, 3.8) is 0 Å². The highest BCUT2D eigenvalue weighted by Crippen LogP contribution is 2.20. The Hall–Kier alpha value is -0.825. The lowest BCUT2D eigenvalue weighted by molar-refractivity contribution is 1.13. The van der Waals surface area contributed by atoms with E-state index in [0.29, 0.717) is 0 Å². The molecule has 1 aromatic carbocycles. The molecule has 0 saturated carbocycles. The Morgan fingerprint density at radius 2 is 2.31 bits per heavy atom. The van der Waals surface area contributed by atoms with Crippen LogP contribution in [0.15, 0.2) is 11.6 Å². The summed E-state index contributed by atoms with van der Waals surface area (Å²) in [7, 11) is 6.02. The van der Waals surface area contributed by atoms with Crippen molar-refractivity contribution >= 4 is 34.9 Å². The molecule has 0 saturated heterocycles. The van der Waals surface area contributed by atoms with Crippen molar-refractivity contribution in [1.82, 2.24) is 4.98 Å². The quantitative estimate of drug-likeness (QED) is 0.622. The zero-order valence-electron chi connectivity index (χ0n) is 7.79. The number of benzene rings is 1. The van der Waals surface area contributed by atoms with E-state index in [0.717, 1.165) is 17.4 Å². The molecule has 1 aromatic heterocycles. The molecule has 13 heavy (non-hydrogen) atoms. The number of aryl methyl sites for hydroxylation is 1. The fourth-order valence-electron chi connectivity index (χ4n) is 1.67. The summed E-state index contributed by atoms with van der Waals surface area (Å²) < 4.78 is 1.19. The van der Waals surface area contributed by atoms with Crippen molar-refractivity contribution in [1.29, 1.82) is 0 Å². The number of hydrogen-bond donors (Lipinski definition) is 0. The Bertz CT molecular complexity index is 447. The molecule has 0 unspecified atom stereocenters. The normalized spacial score (nSPS) is 10.9. The summed E-state index contributed by atoms with van der Waals surface area (Å²) in [5.74, 6) is 0. The van der Waals surface area contributed by atoms with Gasteiger partial charge in [0.1, 0.15) is 7.85 Å². The Labute approximate surface area is 83.2 Å². The third-order valence-electron chi connectivity index (χ3n) is 2.35. The minimum absolute atomic E-state index is 0.860. The van der Waals surface area contributed by atoms with Gasteiger partial charge in [0.05, 0.1) is 15.7 Å². The zero-order chi connectivity index (χ0) is 9.42. The minimum atomic E-state index is 0.860. The number of fused-ring (bicyclic) bond motifs is 1. The molecule has 0 aliphatic heterocycles. The summed E-state index contributed by atoms with van der Waals surface area (Å²) in [5.41, 5.74) is 6.18. The summed E-state index contributed by atoms with van der Waals surface area (Å²) in [5, 5.41) is 0. The summed E-state index contributed by atoms with van der Waals surface area (Å²) in [6, 6.07) is 2.17. The molecule has 0 N–H and O–H groups in total. The average molecular weight is 187 g/mol. The van der Waals surface area contributed by atoms with E-state index in [1.54, 1.807) is 11.3 Å². The zero-order valence-corrected chi connectivity index (χ0v) is 8.61. The monoisotopic (exact) mass is 187 g/mol. The van der Waals surface area contributed by atoms with Crippen LogP contribution in [-0.2, 0) is 6.42 Å². The van der Waals surface area contributed by atoms with Crippen LogP contribution in [0.25, 0.3) is 10.2 Å². The van der Waals surface area contributed by atoms with Gasteiger partial charge in [-0.25, -0.2) is 4.98 Å². The molecule has 1 nitrogen and oxygen atoms in total. The second-order valence-corrected chi connectivity index (χ2v) is 4.02. The lowest BCUT2D eigenvalue weighted by Gasteiger charge is -2.07. The second kappa shape index (κ2) is 3.15. The fraction of sp³-hybridized carbons (Fsp3) is 0.300. The van der Waals surface area contributed by atoms with E-state index in [2.05, 4.69) is 24.9 Å². The summed E-state index contributed by atoms with van der Waals surface area (Å²) in [6.07, 6.45) is 0.977. The van der Waals surface area contributed by atoms with E-state index in [9.17, 15) is 0 Å². The Morgan fingerprint density at radius 3 is 3.00 bits per heavy atom. The van der Waals surface area contributed by atoms with Gasteiger partial charge in [-0.3, -0.25) is 0 Å². The van der Waals surface area contributed by atoms with Crippen LogP contribution in [0, 0.1) is 6.92 Å². The third kappa shape index (κ3) is 1.27. The molecule has 2 rings (SSSR count). The molecule has 64 valence electrons. The van der Waals surface area contributed by atoms with Crippen LogP contribution in [0.1, 0.15) is 18.1 Å². The van der Waals surface area contributed by atoms with Crippen molar-refractivity contribution in [2.45, 2.75) is 20.3 Å². The van der Waals surface area contributed by atoms with Crippen LogP contribution in [0.5, 0.6) is 0 Å². The lowest BCUT2D eigenvalue weighted by Crippen LogP contribution is -2.13. The number of rotatable bonds is 1. The van der Waals surface area contributed by atoms with E-state index in [1.807, 2.05) is 5.51 Å². The first-order valence-corrected chi connectivity index (χ1v) is 5.23. The van der Waals surface area contributed by atoms with Crippen LogP contribution in [0.2, 0.25) is 0 Å². The number of aromatic nitrogens is 1. The first-order chi connectivity index (χ1) is 6.24. The van der Waals surface area contributed by atoms with E-state index in [-0.39, 0.29) is 0 Å². The van der Waals surface area contributed by atoms with Crippen molar-refractivity contribution in [3.8, 4) is 0 Å². The van der Waals surface area contributed by atoms with E-state index >= 15 is 0 Å². The van der Waals surface area contributed by atoms with Gasteiger partial charge < -0.3 is 0 Å². The Morgan fingerprint density at radius 1 is 1.54 bits per heavy atom. The topological polar surface area (TPSA) is 12.9 Å². The molecule has 0 bridgehead atoms. The Balaban J connectivity index is 2.85. The molecule has 0 spiro atoms. The van der Waals surface area contributed by atoms with E-state index in [4.69, 9.17) is 7.85 Å². The van der Waals surface area contributed by atoms with Crippen LogP contribution >= 0.6 is 11.3 Å². The van der Waals surface area contributed by atoms with Gasteiger partial charge in [0.15, 0.2) is 0 Å². The van der Waals surface area contributed by atoms with E-state index in [1.165, 1.54) is 15.8 Å². The Kier molecular flexibility index (Phi) is 2.12. The van der Waals surface area contributed by atoms with Crippen LogP contribution in [-0.4, -0.2) is 12.8 Å². The maximum absolute atomic E-state index is 6.02. The van der Waals surface area contributed by atoms with Gasteiger partial charge in [-0.15, -0.1) is 11.3 Å². The van der Waals surface area contributed by atoms with Crippen molar-refractivity contribution in [2.75, 3.05) is 0 Å². The predicted molar refractivity (Wildman–Crippen MR) is 59.1 cm³/mol. The molecular weight excluding hydrogens is 177 g/mol. The van der Waals surface area contributed by atoms with Crippen LogP contribution < -0.4 is 5.46 Å². The first-order valence-electron chi connectivity index (χ1n) is 4.35. The smallest absolute Gasteiger partial charge is 0.117 e. The highest BCUT2D eigenvalue weighted by Gasteiger charge is 2.06. The molecule has 2 radical (unpaired) electrons. The average Bonchev–Trinajstić information content (AvgIpc) is 2.53. The molecule has 2 aromatic rings. The molecule has 0 fully saturated rings. The molecule has 0 aliphatic carbocycles. The standard InChI is InChI=1S/C10H10BNS/c1-3-7-6(2)4-8-10(9(7)11)12-5-13-8/h4-5H,3H2,1-2H3. The van der Waals surface area contributed by atoms with Gasteiger partial charge in [-0.2, -0.15) is 0 Å².